The standard InChI is InChI=1S/C10H15NO2/c1-8(13)9(5-7-12)10-4-2-3-6-11-10/h2-4,6,8-9,12-13H,5,7H2,1H3. The Kier molecular flexibility index (Phi) is 3.86. The van der Waals surface area contributed by atoms with Crippen LogP contribution in [0.5, 0.6) is 0 Å². The Morgan fingerprint density at radius 1 is 1.46 bits per heavy atom. The third-order valence-electron chi connectivity index (χ3n) is 2.09. The number of rotatable bonds is 4. The molecule has 1 aromatic rings. The van der Waals surface area contributed by atoms with Crippen LogP contribution in [0, 0.1) is 0 Å². The van der Waals surface area contributed by atoms with Crippen molar-refractivity contribution in [2.45, 2.75) is 25.4 Å². The largest absolute Gasteiger partial charge is 0.396 e. The van der Waals surface area contributed by atoms with Gasteiger partial charge in [-0.25, -0.2) is 0 Å². The van der Waals surface area contributed by atoms with E-state index in [1.54, 1.807) is 13.1 Å². The van der Waals surface area contributed by atoms with E-state index in [1.807, 2.05) is 18.2 Å². The van der Waals surface area contributed by atoms with Crippen LogP contribution in [0.2, 0.25) is 0 Å². The van der Waals surface area contributed by atoms with E-state index in [-0.39, 0.29) is 12.5 Å². The number of hydrogen-bond acceptors (Lipinski definition) is 3. The van der Waals surface area contributed by atoms with Crippen LogP contribution >= 0.6 is 0 Å². The van der Waals surface area contributed by atoms with E-state index < -0.39 is 6.10 Å². The van der Waals surface area contributed by atoms with Crippen LogP contribution in [0.4, 0.5) is 0 Å². The van der Waals surface area contributed by atoms with Gasteiger partial charge in [0.2, 0.25) is 0 Å². The molecule has 2 atom stereocenters. The molecule has 0 saturated carbocycles. The Morgan fingerprint density at radius 2 is 2.23 bits per heavy atom. The molecule has 0 aliphatic rings. The summed E-state index contributed by atoms with van der Waals surface area (Å²) in [5, 5.41) is 18.3. The van der Waals surface area contributed by atoms with Gasteiger partial charge in [-0.15, -0.1) is 0 Å². The van der Waals surface area contributed by atoms with Gasteiger partial charge in [0, 0.05) is 24.4 Å². The van der Waals surface area contributed by atoms with Crippen molar-refractivity contribution in [3.63, 3.8) is 0 Å². The molecule has 0 bridgehead atoms. The summed E-state index contributed by atoms with van der Waals surface area (Å²) in [6, 6.07) is 5.59. The van der Waals surface area contributed by atoms with E-state index in [2.05, 4.69) is 4.98 Å². The molecule has 2 unspecified atom stereocenters. The number of aliphatic hydroxyl groups is 2. The summed E-state index contributed by atoms with van der Waals surface area (Å²) in [6.45, 7) is 1.79. The summed E-state index contributed by atoms with van der Waals surface area (Å²) in [4.78, 5) is 4.15. The molecular formula is C10H15NO2. The lowest BCUT2D eigenvalue weighted by Gasteiger charge is -2.17. The lowest BCUT2D eigenvalue weighted by atomic mass is 9.96. The van der Waals surface area contributed by atoms with Crippen molar-refractivity contribution in [2.75, 3.05) is 6.61 Å². The smallest absolute Gasteiger partial charge is 0.0596 e. The Labute approximate surface area is 78.1 Å². The number of nitrogens with zero attached hydrogens (tertiary/aromatic N) is 1. The maximum atomic E-state index is 9.45. The van der Waals surface area contributed by atoms with E-state index in [0.717, 1.165) is 5.69 Å². The average Bonchev–Trinajstić information content (AvgIpc) is 2.15. The van der Waals surface area contributed by atoms with Crippen LogP contribution in [0.15, 0.2) is 24.4 Å². The minimum absolute atomic E-state index is 0.0637. The minimum atomic E-state index is -0.470. The molecule has 3 nitrogen and oxygen atoms in total. The summed E-state index contributed by atoms with van der Waals surface area (Å²) < 4.78 is 0. The number of aliphatic hydroxyl groups excluding tert-OH is 2. The maximum absolute atomic E-state index is 9.45. The second-order valence-corrected chi connectivity index (χ2v) is 3.11. The predicted octanol–water partition coefficient (Wildman–Crippen LogP) is 0.928. The fourth-order valence-corrected chi connectivity index (χ4v) is 1.37. The number of pyridine rings is 1. The lowest BCUT2D eigenvalue weighted by molar-refractivity contribution is 0.140. The van der Waals surface area contributed by atoms with Gasteiger partial charge in [-0.05, 0) is 25.5 Å². The molecule has 2 N–H and O–H groups in total. The van der Waals surface area contributed by atoms with Gasteiger partial charge in [0.05, 0.1) is 6.10 Å². The highest BCUT2D eigenvalue weighted by Crippen LogP contribution is 2.20. The molecule has 1 aromatic heterocycles. The molecule has 1 rings (SSSR count). The zero-order valence-corrected chi connectivity index (χ0v) is 7.72. The maximum Gasteiger partial charge on any atom is 0.0596 e. The van der Waals surface area contributed by atoms with Gasteiger partial charge < -0.3 is 10.2 Å². The summed E-state index contributed by atoms with van der Waals surface area (Å²) in [7, 11) is 0. The summed E-state index contributed by atoms with van der Waals surface area (Å²) in [6.07, 6.45) is 1.78. The second-order valence-electron chi connectivity index (χ2n) is 3.11. The quantitative estimate of drug-likeness (QED) is 0.726. The van der Waals surface area contributed by atoms with Crippen molar-refractivity contribution in [1.82, 2.24) is 4.98 Å². The highest BCUT2D eigenvalue weighted by atomic mass is 16.3. The van der Waals surface area contributed by atoms with Gasteiger partial charge >= 0.3 is 0 Å². The van der Waals surface area contributed by atoms with Crippen molar-refractivity contribution >= 4 is 0 Å². The SMILES string of the molecule is CC(O)C(CCO)c1ccccn1. The van der Waals surface area contributed by atoms with Crippen LogP contribution in [-0.4, -0.2) is 27.9 Å². The van der Waals surface area contributed by atoms with Gasteiger partial charge in [0.25, 0.3) is 0 Å². The summed E-state index contributed by atoms with van der Waals surface area (Å²) in [5.74, 6) is -0.0637. The van der Waals surface area contributed by atoms with Gasteiger partial charge in [-0.3, -0.25) is 4.98 Å². The summed E-state index contributed by atoms with van der Waals surface area (Å²) >= 11 is 0. The zero-order valence-electron chi connectivity index (χ0n) is 7.72. The first-order valence-electron chi connectivity index (χ1n) is 4.45. The Balaban J connectivity index is 2.76. The van der Waals surface area contributed by atoms with E-state index in [1.165, 1.54) is 0 Å². The highest BCUT2D eigenvalue weighted by molar-refractivity contribution is 5.10. The van der Waals surface area contributed by atoms with E-state index >= 15 is 0 Å². The van der Waals surface area contributed by atoms with Gasteiger partial charge in [0.1, 0.15) is 0 Å². The van der Waals surface area contributed by atoms with Crippen LogP contribution in [0.25, 0.3) is 0 Å². The molecule has 0 fully saturated rings. The molecule has 0 amide bonds. The normalized spacial score (nSPS) is 15.3. The van der Waals surface area contributed by atoms with Crippen molar-refractivity contribution < 1.29 is 10.2 Å². The highest BCUT2D eigenvalue weighted by Gasteiger charge is 2.17. The molecule has 0 spiro atoms. The molecule has 0 aromatic carbocycles. The van der Waals surface area contributed by atoms with Crippen LogP contribution in [0.3, 0.4) is 0 Å². The van der Waals surface area contributed by atoms with Crippen LogP contribution in [0.1, 0.15) is 25.0 Å². The predicted molar refractivity (Wildman–Crippen MR) is 50.4 cm³/mol. The first-order valence-corrected chi connectivity index (χ1v) is 4.45. The fraction of sp³-hybridized carbons (Fsp3) is 0.500. The summed E-state index contributed by atoms with van der Waals surface area (Å²) in [5.41, 5.74) is 0.839. The molecule has 13 heavy (non-hydrogen) atoms. The van der Waals surface area contributed by atoms with E-state index in [0.29, 0.717) is 6.42 Å². The van der Waals surface area contributed by atoms with E-state index in [4.69, 9.17) is 5.11 Å². The number of hydrogen-bond donors (Lipinski definition) is 2. The molecular weight excluding hydrogens is 166 g/mol. The Bertz CT molecular complexity index is 236. The lowest BCUT2D eigenvalue weighted by Crippen LogP contribution is -2.17. The average molecular weight is 181 g/mol. The van der Waals surface area contributed by atoms with Gasteiger partial charge in [-0.2, -0.15) is 0 Å². The third-order valence-corrected chi connectivity index (χ3v) is 2.09. The first kappa shape index (κ1) is 10.2. The Morgan fingerprint density at radius 3 is 2.69 bits per heavy atom. The Hall–Kier alpha value is -0.930. The topological polar surface area (TPSA) is 53.4 Å². The fourth-order valence-electron chi connectivity index (χ4n) is 1.37. The van der Waals surface area contributed by atoms with Crippen molar-refractivity contribution in [3.8, 4) is 0 Å². The van der Waals surface area contributed by atoms with Crippen molar-refractivity contribution in [2.24, 2.45) is 0 Å². The zero-order chi connectivity index (χ0) is 9.68. The van der Waals surface area contributed by atoms with Gasteiger partial charge in [-0.1, -0.05) is 6.07 Å². The molecule has 0 aliphatic heterocycles. The number of aromatic nitrogens is 1. The minimum Gasteiger partial charge on any atom is -0.396 e. The molecule has 1 heterocycles. The second kappa shape index (κ2) is 4.94. The van der Waals surface area contributed by atoms with Crippen molar-refractivity contribution in [1.29, 1.82) is 0 Å². The molecule has 72 valence electrons. The molecule has 0 radical (unpaired) electrons. The first-order chi connectivity index (χ1) is 6.25. The molecule has 3 heteroatoms. The van der Waals surface area contributed by atoms with E-state index in [9.17, 15) is 5.11 Å². The molecule has 0 saturated heterocycles. The van der Waals surface area contributed by atoms with Crippen molar-refractivity contribution in [3.05, 3.63) is 30.1 Å². The van der Waals surface area contributed by atoms with Gasteiger partial charge in [0.15, 0.2) is 0 Å². The van der Waals surface area contributed by atoms with Crippen LogP contribution < -0.4 is 0 Å². The molecule has 0 aliphatic carbocycles. The monoisotopic (exact) mass is 181 g/mol. The third kappa shape index (κ3) is 2.79. The van der Waals surface area contributed by atoms with Crippen LogP contribution in [-0.2, 0) is 0 Å².